The summed E-state index contributed by atoms with van der Waals surface area (Å²) >= 11 is 0. The summed E-state index contributed by atoms with van der Waals surface area (Å²) in [5.41, 5.74) is 4.04. The molecule has 6 heteroatoms. The monoisotopic (exact) mass is 434 g/mol. The maximum atomic E-state index is 12.8. The van der Waals surface area contributed by atoms with E-state index in [2.05, 4.69) is 17.2 Å². The Morgan fingerprint density at radius 2 is 1.81 bits per heavy atom. The number of carbonyl (C=O) groups excluding carboxylic acids is 3. The number of hydrogen-bond donors (Lipinski definition) is 2. The van der Waals surface area contributed by atoms with Crippen molar-refractivity contribution in [1.29, 1.82) is 0 Å². The Hall–Kier alpha value is -3.41. The third kappa shape index (κ3) is 4.90. The van der Waals surface area contributed by atoms with Gasteiger partial charge in [0.05, 0.1) is 12.2 Å². The van der Waals surface area contributed by atoms with Crippen molar-refractivity contribution in [2.75, 3.05) is 6.61 Å². The second-order valence-electron chi connectivity index (χ2n) is 8.07. The molecule has 0 bridgehead atoms. The molecule has 0 aliphatic carbocycles. The van der Waals surface area contributed by atoms with Crippen LogP contribution < -0.4 is 5.32 Å². The van der Waals surface area contributed by atoms with Crippen LogP contribution in [0.1, 0.15) is 76.4 Å². The summed E-state index contributed by atoms with van der Waals surface area (Å²) < 4.78 is 5.09. The van der Waals surface area contributed by atoms with Crippen molar-refractivity contribution in [2.45, 2.75) is 47.1 Å². The number of benzene rings is 2. The molecule has 0 unspecified atom stereocenters. The molecular weight excluding hydrogens is 404 g/mol. The zero-order valence-corrected chi connectivity index (χ0v) is 19.1. The summed E-state index contributed by atoms with van der Waals surface area (Å²) in [5, 5.41) is 3.72. The number of nitrogens with one attached hydrogen (secondary N) is 2. The van der Waals surface area contributed by atoms with Gasteiger partial charge in [0.15, 0.2) is 5.78 Å². The molecule has 0 radical (unpaired) electrons. The van der Waals surface area contributed by atoms with Crippen LogP contribution in [0.5, 0.6) is 0 Å². The Morgan fingerprint density at radius 3 is 2.50 bits per heavy atom. The first-order valence-corrected chi connectivity index (χ1v) is 11.1. The van der Waals surface area contributed by atoms with Crippen LogP contribution in [0.15, 0.2) is 42.5 Å². The molecule has 3 aromatic rings. The zero-order valence-electron chi connectivity index (χ0n) is 19.1. The Bertz CT molecular complexity index is 1140. The minimum Gasteiger partial charge on any atom is -0.462 e. The lowest BCUT2D eigenvalue weighted by atomic mass is 9.96. The molecule has 32 heavy (non-hydrogen) atoms. The Labute approximate surface area is 188 Å². The quantitative estimate of drug-likeness (QED) is 0.364. The number of fused-ring (bicyclic) bond motifs is 1. The van der Waals surface area contributed by atoms with Crippen molar-refractivity contribution in [3.05, 3.63) is 70.4 Å². The number of Topliss-reactive ketones (excluding diaryl/α,β-unsaturated/α-hetero) is 1. The van der Waals surface area contributed by atoms with Crippen LogP contribution in [0.2, 0.25) is 0 Å². The van der Waals surface area contributed by atoms with Crippen molar-refractivity contribution in [3.8, 4) is 0 Å². The van der Waals surface area contributed by atoms with Gasteiger partial charge in [0.25, 0.3) is 5.91 Å². The molecule has 0 atom stereocenters. The number of carbonyl (C=O) groups is 3. The van der Waals surface area contributed by atoms with E-state index in [1.807, 2.05) is 26.0 Å². The summed E-state index contributed by atoms with van der Waals surface area (Å²) in [4.78, 5) is 41.1. The Balaban J connectivity index is 1.84. The fourth-order valence-corrected chi connectivity index (χ4v) is 3.76. The highest BCUT2D eigenvalue weighted by Crippen LogP contribution is 2.27. The topological polar surface area (TPSA) is 88.3 Å². The molecule has 1 heterocycles. The average molecular weight is 435 g/mol. The number of aromatic nitrogens is 1. The Morgan fingerprint density at radius 1 is 1.06 bits per heavy atom. The summed E-state index contributed by atoms with van der Waals surface area (Å²) in [6.45, 7) is 8.11. The normalized spacial score (nSPS) is 11.0. The van der Waals surface area contributed by atoms with Gasteiger partial charge in [0, 0.05) is 40.2 Å². The van der Waals surface area contributed by atoms with E-state index in [9.17, 15) is 14.4 Å². The van der Waals surface area contributed by atoms with Crippen molar-refractivity contribution in [3.63, 3.8) is 0 Å². The molecule has 0 saturated carbocycles. The van der Waals surface area contributed by atoms with E-state index < -0.39 is 5.97 Å². The highest BCUT2D eigenvalue weighted by atomic mass is 16.5. The van der Waals surface area contributed by atoms with Crippen LogP contribution in [-0.2, 0) is 17.7 Å². The van der Waals surface area contributed by atoms with Crippen LogP contribution >= 0.6 is 0 Å². The van der Waals surface area contributed by atoms with E-state index in [0.717, 1.165) is 35.0 Å². The molecular formula is C26H30N2O4. The number of aryl methyl sites for hydroxylation is 1. The van der Waals surface area contributed by atoms with E-state index in [-0.39, 0.29) is 30.8 Å². The second kappa shape index (κ2) is 10.3. The SMILES string of the molecule is CCCc1[nH]c2cc(C(=O)NCc3ccccc3C(=O)OCC)ccc2c1C(=O)C(C)C. The van der Waals surface area contributed by atoms with Gasteiger partial charge in [0.2, 0.25) is 0 Å². The number of ketones is 1. The highest BCUT2D eigenvalue weighted by molar-refractivity contribution is 6.11. The minimum absolute atomic E-state index is 0.104. The third-order valence-electron chi connectivity index (χ3n) is 5.36. The average Bonchev–Trinajstić information content (AvgIpc) is 3.14. The standard InChI is InChI=1S/C26H30N2O4/c1-5-9-21-23(24(29)16(3)4)20-13-12-17(14-22(20)28-21)25(30)27-15-18-10-7-8-11-19(18)26(31)32-6-2/h7-8,10-14,16,28H,5-6,9,15H2,1-4H3,(H,27,30). The molecule has 0 aliphatic heterocycles. The predicted octanol–water partition coefficient (Wildman–Crippen LogP) is 5.07. The van der Waals surface area contributed by atoms with Gasteiger partial charge >= 0.3 is 5.97 Å². The first-order chi connectivity index (χ1) is 15.4. The number of rotatable bonds is 9. The lowest BCUT2D eigenvalue weighted by molar-refractivity contribution is 0.0524. The fraction of sp³-hybridized carbons (Fsp3) is 0.346. The largest absolute Gasteiger partial charge is 0.462 e. The van der Waals surface area contributed by atoms with Crippen LogP contribution in [0.3, 0.4) is 0 Å². The second-order valence-corrected chi connectivity index (χ2v) is 8.07. The van der Waals surface area contributed by atoms with E-state index in [1.165, 1.54) is 0 Å². The molecule has 6 nitrogen and oxygen atoms in total. The number of ether oxygens (including phenoxy) is 1. The number of amides is 1. The smallest absolute Gasteiger partial charge is 0.338 e. The molecule has 3 rings (SSSR count). The summed E-state index contributed by atoms with van der Waals surface area (Å²) in [5.74, 6) is -0.663. The molecule has 1 amide bonds. The van der Waals surface area contributed by atoms with Gasteiger partial charge in [-0.15, -0.1) is 0 Å². The van der Waals surface area contributed by atoms with Crippen molar-refractivity contribution < 1.29 is 19.1 Å². The summed E-state index contributed by atoms with van der Waals surface area (Å²) in [6.07, 6.45) is 1.69. The first-order valence-electron chi connectivity index (χ1n) is 11.1. The Kier molecular flexibility index (Phi) is 7.46. The van der Waals surface area contributed by atoms with Crippen LogP contribution in [-0.4, -0.2) is 29.3 Å². The third-order valence-corrected chi connectivity index (χ3v) is 5.36. The number of esters is 1. The van der Waals surface area contributed by atoms with Gasteiger partial charge in [-0.25, -0.2) is 4.79 Å². The van der Waals surface area contributed by atoms with E-state index >= 15 is 0 Å². The van der Waals surface area contributed by atoms with Gasteiger partial charge in [-0.2, -0.15) is 0 Å². The van der Waals surface area contributed by atoms with E-state index in [1.54, 1.807) is 37.3 Å². The molecule has 2 aromatic carbocycles. The van der Waals surface area contributed by atoms with Crippen molar-refractivity contribution in [1.82, 2.24) is 10.3 Å². The molecule has 1 aromatic heterocycles. The first kappa shape index (κ1) is 23.3. The van der Waals surface area contributed by atoms with Crippen molar-refractivity contribution in [2.24, 2.45) is 5.92 Å². The molecule has 0 saturated heterocycles. The molecule has 0 aliphatic rings. The molecule has 2 N–H and O–H groups in total. The molecule has 0 spiro atoms. The van der Waals surface area contributed by atoms with E-state index in [0.29, 0.717) is 16.7 Å². The lowest BCUT2D eigenvalue weighted by Crippen LogP contribution is -2.24. The lowest BCUT2D eigenvalue weighted by Gasteiger charge is -2.10. The minimum atomic E-state index is -0.407. The molecule has 0 fully saturated rings. The van der Waals surface area contributed by atoms with E-state index in [4.69, 9.17) is 4.74 Å². The van der Waals surface area contributed by atoms with Crippen LogP contribution in [0, 0.1) is 5.92 Å². The van der Waals surface area contributed by atoms with Gasteiger partial charge in [0.1, 0.15) is 0 Å². The number of aromatic amines is 1. The summed E-state index contributed by atoms with van der Waals surface area (Å²) in [6, 6.07) is 12.4. The van der Waals surface area contributed by atoms with Gasteiger partial charge < -0.3 is 15.0 Å². The van der Waals surface area contributed by atoms with Gasteiger partial charge in [-0.05, 0) is 37.1 Å². The maximum absolute atomic E-state index is 12.8. The maximum Gasteiger partial charge on any atom is 0.338 e. The van der Waals surface area contributed by atoms with Crippen LogP contribution in [0.4, 0.5) is 0 Å². The highest BCUT2D eigenvalue weighted by Gasteiger charge is 2.21. The van der Waals surface area contributed by atoms with Gasteiger partial charge in [-0.3, -0.25) is 9.59 Å². The summed E-state index contributed by atoms with van der Waals surface area (Å²) in [7, 11) is 0. The van der Waals surface area contributed by atoms with Crippen LogP contribution in [0.25, 0.3) is 10.9 Å². The number of H-pyrrole nitrogens is 1. The predicted molar refractivity (Wildman–Crippen MR) is 125 cm³/mol. The number of hydrogen-bond acceptors (Lipinski definition) is 4. The van der Waals surface area contributed by atoms with Crippen molar-refractivity contribution >= 4 is 28.6 Å². The van der Waals surface area contributed by atoms with Gasteiger partial charge in [-0.1, -0.05) is 51.5 Å². The fourth-order valence-electron chi connectivity index (χ4n) is 3.76. The zero-order chi connectivity index (χ0) is 23.3. The molecule has 168 valence electrons.